The van der Waals surface area contributed by atoms with Crippen LogP contribution < -0.4 is 10.6 Å². The number of thioether (sulfide) groups is 2. The molecule has 30 heavy (non-hydrogen) atoms. The van der Waals surface area contributed by atoms with Crippen LogP contribution in [0.1, 0.15) is 0 Å². The molecule has 0 amide bonds. The third-order valence-electron chi connectivity index (χ3n) is 4.21. The van der Waals surface area contributed by atoms with Crippen molar-refractivity contribution in [3.63, 3.8) is 0 Å². The topological polar surface area (TPSA) is 119 Å². The SMILES string of the molecule is N#CC(C#N)=C1Nc2c(F)c(F)c3c4c(c(F)c(F)c3c2S1)NC(=C(C#N)C#N)S4. The summed E-state index contributed by atoms with van der Waals surface area (Å²) >= 11 is 1.19. The molecule has 12 heteroatoms. The molecule has 0 aromatic heterocycles. The Labute approximate surface area is 173 Å². The highest BCUT2D eigenvalue weighted by molar-refractivity contribution is 8.04. The molecular formula is C18H2F4N6S2. The van der Waals surface area contributed by atoms with Gasteiger partial charge in [0.25, 0.3) is 0 Å². The third kappa shape index (κ3) is 2.49. The molecule has 144 valence electrons. The van der Waals surface area contributed by atoms with E-state index in [9.17, 15) is 17.6 Å². The Kier molecular flexibility index (Phi) is 4.47. The summed E-state index contributed by atoms with van der Waals surface area (Å²) in [6.45, 7) is 0. The summed E-state index contributed by atoms with van der Waals surface area (Å²) in [5, 5.41) is 39.3. The Bertz CT molecular complexity index is 1290. The number of rotatable bonds is 0. The Morgan fingerprint density at radius 2 is 0.933 bits per heavy atom. The number of nitrogens with one attached hydrogen (secondary N) is 2. The number of allylic oxidation sites excluding steroid dienone is 2. The molecule has 0 saturated carbocycles. The van der Waals surface area contributed by atoms with Crippen LogP contribution in [0.4, 0.5) is 28.9 Å². The van der Waals surface area contributed by atoms with Crippen molar-refractivity contribution in [3.05, 3.63) is 44.5 Å². The van der Waals surface area contributed by atoms with Crippen molar-refractivity contribution in [1.82, 2.24) is 0 Å². The van der Waals surface area contributed by atoms with Crippen LogP contribution in [0, 0.1) is 68.6 Å². The van der Waals surface area contributed by atoms with Crippen molar-refractivity contribution in [2.45, 2.75) is 9.79 Å². The molecule has 4 rings (SSSR count). The van der Waals surface area contributed by atoms with Crippen LogP contribution in [-0.2, 0) is 0 Å². The van der Waals surface area contributed by atoms with Crippen LogP contribution in [0.15, 0.2) is 31.0 Å². The lowest BCUT2D eigenvalue weighted by atomic mass is 10.1. The van der Waals surface area contributed by atoms with Gasteiger partial charge < -0.3 is 10.6 Å². The van der Waals surface area contributed by atoms with Crippen LogP contribution in [0.3, 0.4) is 0 Å². The first-order chi connectivity index (χ1) is 14.4. The molecule has 2 aromatic carbocycles. The summed E-state index contributed by atoms with van der Waals surface area (Å²) in [7, 11) is 0. The lowest BCUT2D eigenvalue weighted by molar-refractivity contribution is 0.506. The van der Waals surface area contributed by atoms with Crippen LogP contribution in [-0.4, -0.2) is 0 Å². The van der Waals surface area contributed by atoms with E-state index in [0.29, 0.717) is 23.5 Å². The van der Waals surface area contributed by atoms with Crippen LogP contribution in [0.2, 0.25) is 0 Å². The quantitative estimate of drug-likeness (QED) is 0.435. The molecule has 0 radical (unpaired) electrons. The Morgan fingerprint density at radius 3 is 1.23 bits per heavy atom. The number of hydrogen-bond donors (Lipinski definition) is 2. The van der Waals surface area contributed by atoms with Crippen molar-refractivity contribution < 1.29 is 17.6 Å². The van der Waals surface area contributed by atoms with E-state index in [1.165, 1.54) is 0 Å². The number of hydrogen-bond acceptors (Lipinski definition) is 8. The number of benzene rings is 2. The predicted molar refractivity (Wildman–Crippen MR) is 99.2 cm³/mol. The highest BCUT2D eigenvalue weighted by atomic mass is 32.2. The maximum absolute atomic E-state index is 15.0. The summed E-state index contributed by atoms with van der Waals surface area (Å²) < 4.78 is 59.4. The minimum absolute atomic E-state index is 0.149. The van der Waals surface area contributed by atoms with Gasteiger partial charge in [0.15, 0.2) is 34.4 Å². The van der Waals surface area contributed by atoms with Crippen molar-refractivity contribution in [2.75, 3.05) is 10.6 Å². The van der Waals surface area contributed by atoms with Crippen LogP contribution in [0.25, 0.3) is 10.8 Å². The van der Waals surface area contributed by atoms with Crippen LogP contribution >= 0.6 is 23.5 Å². The van der Waals surface area contributed by atoms with Gasteiger partial charge in [0.2, 0.25) is 0 Å². The Morgan fingerprint density at radius 1 is 0.600 bits per heavy atom. The first-order valence-electron chi connectivity index (χ1n) is 7.72. The zero-order valence-electron chi connectivity index (χ0n) is 14.1. The van der Waals surface area contributed by atoms with Gasteiger partial charge in [-0.15, -0.1) is 0 Å². The smallest absolute Gasteiger partial charge is 0.184 e. The van der Waals surface area contributed by atoms with Gasteiger partial charge in [0, 0.05) is 10.8 Å². The number of nitrogens with zero attached hydrogens (tertiary/aromatic N) is 4. The molecule has 6 nitrogen and oxygen atoms in total. The minimum atomic E-state index is -1.49. The number of anilines is 2. The second-order valence-corrected chi connectivity index (χ2v) is 7.77. The van der Waals surface area contributed by atoms with Gasteiger partial charge in [-0.1, -0.05) is 23.5 Å². The summed E-state index contributed by atoms with van der Waals surface area (Å²) in [6, 6.07) is 6.32. The minimum Gasteiger partial charge on any atom is -0.345 e. The van der Waals surface area contributed by atoms with E-state index < -0.39 is 56.6 Å². The fourth-order valence-corrected chi connectivity index (χ4v) is 5.10. The van der Waals surface area contributed by atoms with E-state index >= 15 is 0 Å². The van der Waals surface area contributed by atoms with E-state index in [1.807, 2.05) is 0 Å². The highest BCUT2D eigenvalue weighted by Gasteiger charge is 2.36. The lowest BCUT2D eigenvalue weighted by Crippen LogP contribution is -2.02. The maximum Gasteiger partial charge on any atom is 0.184 e. The molecule has 2 aliphatic heterocycles. The molecule has 0 saturated heterocycles. The number of halogens is 4. The average molecular weight is 442 g/mol. The molecule has 2 aromatic rings. The average Bonchev–Trinajstić information content (AvgIpc) is 3.36. The van der Waals surface area contributed by atoms with E-state index in [-0.39, 0.29) is 19.8 Å². The first-order valence-corrected chi connectivity index (χ1v) is 9.35. The van der Waals surface area contributed by atoms with Crippen LogP contribution in [0.5, 0.6) is 0 Å². The molecule has 2 aliphatic rings. The summed E-state index contributed by atoms with van der Waals surface area (Å²) in [5.41, 5.74) is -1.94. The molecule has 0 aliphatic carbocycles. The summed E-state index contributed by atoms with van der Waals surface area (Å²) in [5.74, 6) is -5.81. The van der Waals surface area contributed by atoms with E-state index in [2.05, 4.69) is 10.6 Å². The van der Waals surface area contributed by atoms with Gasteiger partial charge >= 0.3 is 0 Å². The molecule has 0 spiro atoms. The van der Waals surface area contributed by atoms with Crippen molar-refractivity contribution in [3.8, 4) is 24.3 Å². The highest BCUT2D eigenvalue weighted by Crippen LogP contribution is 2.55. The van der Waals surface area contributed by atoms with Gasteiger partial charge in [-0.2, -0.15) is 21.0 Å². The molecule has 0 fully saturated rings. The van der Waals surface area contributed by atoms with E-state index in [0.717, 1.165) is 0 Å². The van der Waals surface area contributed by atoms with Crippen molar-refractivity contribution in [1.29, 1.82) is 21.0 Å². The van der Waals surface area contributed by atoms with Gasteiger partial charge in [0.1, 0.15) is 34.3 Å². The van der Waals surface area contributed by atoms with Gasteiger partial charge in [-0.05, 0) is 0 Å². The Balaban J connectivity index is 2.10. The first kappa shape index (κ1) is 19.5. The largest absolute Gasteiger partial charge is 0.345 e. The lowest BCUT2D eigenvalue weighted by Gasteiger charge is -2.12. The van der Waals surface area contributed by atoms with E-state index in [4.69, 9.17) is 21.0 Å². The van der Waals surface area contributed by atoms with Gasteiger partial charge in [0.05, 0.1) is 21.2 Å². The molecule has 2 N–H and O–H groups in total. The number of fused-ring (bicyclic) bond motifs is 5. The van der Waals surface area contributed by atoms with Crippen molar-refractivity contribution >= 4 is 45.7 Å². The third-order valence-corrected chi connectivity index (χ3v) is 6.45. The Hall–Kier alpha value is -3.84. The second-order valence-electron chi connectivity index (χ2n) is 5.72. The van der Waals surface area contributed by atoms with Gasteiger partial charge in [-0.25, -0.2) is 17.6 Å². The monoisotopic (exact) mass is 442 g/mol. The zero-order chi connectivity index (χ0) is 21.7. The fourth-order valence-electron chi connectivity index (χ4n) is 2.92. The number of nitriles is 4. The molecule has 2 heterocycles. The molecule has 0 atom stereocenters. The second kappa shape index (κ2) is 6.89. The summed E-state index contributed by atoms with van der Waals surface area (Å²) in [4.78, 5) is -0.472. The molecule has 0 bridgehead atoms. The summed E-state index contributed by atoms with van der Waals surface area (Å²) in [6.07, 6.45) is 0. The molecule has 0 unspecified atom stereocenters. The normalized spacial score (nSPS) is 13.3. The fraction of sp³-hybridized carbons (Fsp3) is 0. The predicted octanol–water partition coefficient (Wildman–Crippen LogP) is 4.95. The van der Waals surface area contributed by atoms with Gasteiger partial charge in [-0.3, -0.25) is 0 Å². The maximum atomic E-state index is 15.0. The molecular weight excluding hydrogens is 440 g/mol. The van der Waals surface area contributed by atoms with Crippen molar-refractivity contribution in [2.24, 2.45) is 0 Å². The standard InChI is InChI=1S/C18H2F4N6S2/c19-9-7-8(16-14(12(9)22)28-18(30-16)6(3-25)4-26)10(20)11(21)13-15(7)29-17(27-13)5(1-23)2-24/h27-28H. The zero-order valence-corrected chi connectivity index (χ0v) is 15.8. The van der Waals surface area contributed by atoms with E-state index in [1.54, 1.807) is 24.3 Å².